The molecule has 0 radical (unpaired) electrons. The lowest BCUT2D eigenvalue weighted by Crippen LogP contribution is -2.13. The van der Waals surface area contributed by atoms with Crippen molar-refractivity contribution < 1.29 is 4.74 Å². The second-order valence-electron chi connectivity index (χ2n) is 5.38. The van der Waals surface area contributed by atoms with Crippen molar-refractivity contribution in [1.82, 2.24) is 0 Å². The molecular formula is C14H16ClNO. The van der Waals surface area contributed by atoms with Crippen LogP contribution in [0, 0.1) is 23.7 Å². The Morgan fingerprint density at radius 1 is 1.41 bits per heavy atom. The minimum atomic E-state index is -0.449. The average molecular weight is 250 g/mol. The summed E-state index contributed by atoms with van der Waals surface area (Å²) in [5.41, 5.74) is 1.44. The second-order valence-corrected chi connectivity index (χ2v) is 5.79. The molecule has 1 aliphatic carbocycles. The lowest BCUT2D eigenvalue weighted by Gasteiger charge is -2.17. The topological polar surface area (TPSA) is 33.0 Å². The van der Waals surface area contributed by atoms with Gasteiger partial charge in [-0.3, -0.25) is 0 Å². The highest BCUT2D eigenvalue weighted by molar-refractivity contribution is 6.31. The van der Waals surface area contributed by atoms with Gasteiger partial charge in [-0.05, 0) is 36.5 Å². The van der Waals surface area contributed by atoms with Gasteiger partial charge in [-0.1, -0.05) is 25.4 Å². The van der Waals surface area contributed by atoms with Gasteiger partial charge in [0.05, 0.1) is 18.6 Å². The van der Waals surface area contributed by atoms with Crippen molar-refractivity contribution in [2.45, 2.75) is 32.6 Å². The number of ether oxygens (including phenoxy) is 1. The Bertz CT molecular complexity index is 516. The van der Waals surface area contributed by atoms with Crippen LogP contribution < -0.4 is 4.74 Å². The van der Waals surface area contributed by atoms with Crippen LogP contribution >= 0.6 is 11.6 Å². The van der Waals surface area contributed by atoms with Crippen molar-refractivity contribution in [2.75, 3.05) is 7.11 Å². The zero-order chi connectivity index (χ0) is 12.8. The first-order valence-electron chi connectivity index (χ1n) is 5.64. The molecule has 0 N–H and O–H groups in total. The molecule has 3 heteroatoms. The van der Waals surface area contributed by atoms with Crippen LogP contribution in [0.15, 0.2) is 12.1 Å². The van der Waals surface area contributed by atoms with E-state index in [2.05, 4.69) is 19.9 Å². The Morgan fingerprint density at radius 2 is 2.00 bits per heavy atom. The summed E-state index contributed by atoms with van der Waals surface area (Å²) in [6.45, 7) is 6.14. The van der Waals surface area contributed by atoms with Crippen LogP contribution in [-0.4, -0.2) is 7.11 Å². The van der Waals surface area contributed by atoms with Gasteiger partial charge in [-0.2, -0.15) is 5.26 Å². The van der Waals surface area contributed by atoms with Crippen LogP contribution in [0.2, 0.25) is 5.02 Å². The molecule has 2 nitrogen and oxygen atoms in total. The summed E-state index contributed by atoms with van der Waals surface area (Å²) in [6, 6.07) is 6.23. The van der Waals surface area contributed by atoms with Crippen molar-refractivity contribution in [2.24, 2.45) is 5.41 Å². The van der Waals surface area contributed by atoms with E-state index in [-0.39, 0.29) is 5.41 Å². The molecule has 1 atom stereocenters. The number of rotatable bonds is 2. The van der Waals surface area contributed by atoms with Gasteiger partial charge in [-0.25, -0.2) is 0 Å². The number of benzene rings is 1. The van der Waals surface area contributed by atoms with Gasteiger partial charge in [0, 0.05) is 10.6 Å². The maximum absolute atomic E-state index is 9.48. The van der Waals surface area contributed by atoms with E-state index in [0.717, 1.165) is 23.3 Å². The van der Waals surface area contributed by atoms with Gasteiger partial charge < -0.3 is 4.74 Å². The number of nitrogens with zero attached hydrogens (tertiary/aromatic N) is 1. The van der Waals surface area contributed by atoms with Gasteiger partial charge in [0.1, 0.15) is 5.75 Å². The number of aryl methyl sites for hydroxylation is 1. The van der Waals surface area contributed by atoms with Crippen molar-refractivity contribution in [1.29, 1.82) is 5.26 Å². The minimum absolute atomic E-state index is 0.00633. The number of halogens is 1. The van der Waals surface area contributed by atoms with E-state index in [1.54, 1.807) is 7.11 Å². The summed E-state index contributed by atoms with van der Waals surface area (Å²) < 4.78 is 5.39. The van der Waals surface area contributed by atoms with Gasteiger partial charge in [0.25, 0.3) is 0 Å². The zero-order valence-corrected chi connectivity index (χ0v) is 11.4. The smallest absolute Gasteiger partial charge is 0.124 e. The molecule has 90 valence electrons. The van der Waals surface area contributed by atoms with Crippen molar-refractivity contribution in [3.8, 4) is 11.8 Å². The molecule has 1 unspecified atom stereocenters. The van der Waals surface area contributed by atoms with Crippen LogP contribution in [0.3, 0.4) is 0 Å². The zero-order valence-electron chi connectivity index (χ0n) is 10.6. The number of methoxy groups -OCH3 is 1. The molecule has 2 rings (SSSR count). The Morgan fingerprint density at radius 3 is 2.41 bits per heavy atom. The van der Waals surface area contributed by atoms with Crippen LogP contribution in [0.4, 0.5) is 0 Å². The largest absolute Gasteiger partial charge is 0.496 e. The van der Waals surface area contributed by atoms with E-state index in [0.29, 0.717) is 5.02 Å². The molecule has 0 amide bonds. The van der Waals surface area contributed by atoms with Crippen molar-refractivity contribution in [3.05, 3.63) is 28.3 Å². The first kappa shape index (κ1) is 12.3. The fraction of sp³-hybridized carbons (Fsp3) is 0.500. The Labute approximate surface area is 107 Å². The molecule has 1 saturated carbocycles. The summed E-state index contributed by atoms with van der Waals surface area (Å²) in [6.07, 6.45) is 0.853. The normalized spacial score (nSPS) is 25.2. The van der Waals surface area contributed by atoms with E-state index in [1.807, 2.05) is 19.1 Å². The maximum atomic E-state index is 9.48. The first-order valence-corrected chi connectivity index (χ1v) is 6.01. The van der Waals surface area contributed by atoms with E-state index >= 15 is 0 Å². The number of hydrogen-bond acceptors (Lipinski definition) is 2. The summed E-state index contributed by atoms with van der Waals surface area (Å²) in [5.74, 6) is 0.763. The molecule has 0 aliphatic heterocycles. The van der Waals surface area contributed by atoms with Gasteiger partial charge in [0.2, 0.25) is 0 Å². The third-order valence-electron chi connectivity index (χ3n) is 3.87. The van der Waals surface area contributed by atoms with Crippen LogP contribution in [0.1, 0.15) is 31.4 Å². The highest BCUT2D eigenvalue weighted by Crippen LogP contribution is 2.65. The molecule has 0 spiro atoms. The Hall–Kier alpha value is -1.20. The SMILES string of the molecule is COc1cc(C)c(Cl)cc1C1(C#N)CC1(C)C. The third kappa shape index (κ3) is 1.61. The quantitative estimate of drug-likeness (QED) is 0.798. The monoisotopic (exact) mass is 249 g/mol. The summed E-state index contributed by atoms with van der Waals surface area (Å²) >= 11 is 6.16. The summed E-state index contributed by atoms with van der Waals surface area (Å²) in [5, 5.41) is 10.2. The van der Waals surface area contributed by atoms with E-state index < -0.39 is 5.41 Å². The Balaban J connectivity index is 2.61. The van der Waals surface area contributed by atoms with Crippen molar-refractivity contribution >= 4 is 11.6 Å². The molecule has 1 aliphatic rings. The van der Waals surface area contributed by atoms with Crippen LogP contribution in [-0.2, 0) is 5.41 Å². The fourth-order valence-corrected chi connectivity index (χ4v) is 2.65. The van der Waals surface area contributed by atoms with Crippen molar-refractivity contribution in [3.63, 3.8) is 0 Å². The predicted molar refractivity (Wildman–Crippen MR) is 68.4 cm³/mol. The van der Waals surface area contributed by atoms with Crippen LogP contribution in [0.25, 0.3) is 0 Å². The molecule has 0 saturated heterocycles. The van der Waals surface area contributed by atoms with E-state index in [1.165, 1.54) is 0 Å². The number of nitriles is 1. The average Bonchev–Trinajstić information content (AvgIpc) is 2.85. The van der Waals surface area contributed by atoms with E-state index in [9.17, 15) is 5.26 Å². The molecule has 17 heavy (non-hydrogen) atoms. The molecule has 0 aromatic heterocycles. The molecule has 0 heterocycles. The standard InChI is InChI=1S/C14H16ClNO/c1-9-5-12(17-4)10(6-11(9)15)14(8-16)7-13(14,2)3/h5-6H,7H2,1-4H3. The Kier molecular flexibility index (Phi) is 2.63. The lowest BCUT2D eigenvalue weighted by atomic mass is 9.88. The van der Waals surface area contributed by atoms with Gasteiger partial charge in [0.15, 0.2) is 0 Å². The van der Waals surface area contributed by atoms with Crippen LogP contribution in [0.5, 0.6) is 5.75 Å². The third-order valence-corrected chi connectivity index (χ3v) is 4.28. The predicted octanol–water partition coefficient (Wildman–Crippen LogP) is 3.85. The molecule has 1 fully saturated rings. The highest BCUT2D eigenvalue weighted by atomic mass is 35.5. The summed E-state index contributed by atoms with van der Waals surface area (Å²) in [7, 11) is 1.63. The lowest BCUT2D eigenvalue weighted by molar-refractivity contribution is 0.403. The fourth-order valence-electron chi connectivity index (χ4n) is 2.49. The van der Waals surface area contributed by atoms with E-state index in [4.69, 9.17) is 16.3 Å². The van der Waals surface area contributed by atoms with Gasteiger partial charge in [-0.15, -0.1) is 0 Å². The molecular weight excluding hydrogens is 234 g/mol. The second kappa shape index (κ2) is 3.65. The number of hydrogen-bond donors (Lipinski definition) is 0. The molecule has 1 aromatic rings. The molecule has 1 aromatic carbocycles. The maximum Gasteiger partial charge on any atom is 0.124 e. The minimum Gasteiger partial charge on any atom is -0.496 e. The highest BCUT2D eigenvalue weighted by Gasteiger charge is 2.64. The first-order chi connectivity index (χ1) is 7.88. The van der Waals surface area contributed by atoms with Gasteiger partial charge >= 0.3 is 0 Å². The molecule has 0 bridgehead atoms. The summed E-state index contributed by atoms with van der Waals surface area (Å²) in [4.78, 5) is 0.